The van der Waals surface area contributed by atoms with Crippen LogP contribution in [0.3, 0.4) is 0 Å². The summed E-state index contributed by atoms with van der Waals surface area (Å²) < 4.78 is 0. The van der Waals surface area contributed by atoms with Crippen LogP contribution in [0.4, 0.5) is 0 Å². The van der Waals surface area contributed by atoms with Gasteiger partial charge in [-0.3, -0.25) is 0 Å². The van der Waals surface area contributed by atoms with Crippen molar-refractivity contribution in [2.45, 2.75) is 87.6 Å². The van der Waals surface area contributed by atoms with Gasteiger partial charge in [-0.05, 0) is 64.3 Å². The molecule has 0 aromatic heterocycles. The summed E-state index contributed by atoms with van der Waals surface area (Å²) in [7, 11) is 1.83. The molecular formula is C21H41NO8. The van der Waals surface area contributed by atoms with Crippen molar-refractivity contribution in [3.8, 4) is 0 Å². The molecule has 0 amide bonds. The van der Waals surface area contributed by atoms with Crippen molar-refractivity contribution in [2.75, 3.05) is 20.3 Å². The van der Waals surface area contributed by atoms with Crippen molar-refractivity contribution >= 4 is 0 Å². The largest absolute Gasteiger partial charge is 0.396 e. The number of hydrogen-bond donors (Lipinski definition) is 9. The van der Waals surface area contributed by atoms with E-state index in [0.717, 1.165) is 0 Å². The van der Waals surface area contributed by atoms with Gasteiger partial charge in [-0.25, -0.2) is 0 Å². The third-order valence-corrected chi connectivity index (χ3v) is 7.75. The molecule has 2 rings (SSSR count). The summed E-state index contributed by atoms with van der Waals surface area (Å²) >= 11 is 0. The maximum Gasteiger partial charge on any atom is 0.106 e. The van der Waals surface area contributed by atoms with E-state index in [4.69, 9.17) is 0 Å². The molecule has 9 heteroatoms. The number of nitrogens with one attached hydrogen (secondary N) is 1. The SMILES string of the molecule is CNC(C)(CCC1CC(CO)C(O)C(O)C1O)CCC1CC(CO)C(O)C(O)C1O. The Morgan fingerprint density at radius 2 is 0.967 bits per heavy atom. The molecule has 9 N–H and O–H groups in total. The van der Waals surface area contributed by atoms with E-state index in [1.807, 2.05) is 14.0 Å². The third-order valence-electron chi connectivity index (χ3n) is 7.75. The van der Waals surface area contributed by atoms with E-state index in [1.165, 1.54) is 0 Å². The van der Waals surface area contributed by atoms with E-state index in [9.17, 15) is 40.9 Å². The lowest BCUT2D eigenvalue weighted by Gasteiger charge is -2.42. The predicted octanol–water partition coefficient (Wildman–Crippen LogP) is -2.05. The first kappa shape index (κ1) is 25.9. The van der Waals surface area contributed by atoms with Gasteiger partial charge in [0, 0.05) is 30.6 Å². The topological polar surface area (TPSA) is 174 Å². The Morgan fingerprint density at radius 1 is 0.633 bits per heavy atom. The molecule has 10 unspecified atom stereocenters. The zero-order valence-electron chi connectivity index (χ0n) is 18.0. The predicted molar refractivity (Wildman–Crippen MR) is 109 cm³/mol. The van der Waals surface area contributed by atoms with Crippen LogP contribution in [0.2, 0.25) is 0 Å². The van der Waals surface area contributed by atoms with Crippen LogP contribution < -0.4 is 5.32 Å². The minimum Gasteiger partial charge on any atom is -0.396 e. The lowest BCUT2D eigenvalue weighted by molar-refractivity contribution is -0.145. The summed E-state index contributed by atoms with van der Waals surface area (Å²) in [5.41, 5.74) is -0.328. The molecule has 2 saturated carbocycles. The Morgan fingerprint density at radius 3 is 1.27 bits per heavy atom. The highest BCUT2D eigenvalue weighted by atomic mass is 16.4. The monoisotopic (exact) mass is 435 g/mol. The van der Waals surface area contributed by atoms with Crippen LogP contribution in [0.15, 0.2) is 0 Å². The van der Waals surface area contributed by atoms with Crippen molar-refractivity contribution in [3.05, 3.63) is 0 Å². The van der Waals surface area contributed by atoms with Crippen molar-refractivity contribution < 1.29 is 40.9 Å². The van der Waals surface area contributed by atoms with Crippen LogP contribution in [0.1, 0.15) is 45.4 Å². The summed E-state index contributed by atoms with van der Waals surface area (Å²) in [4.78, 5) is 0. The van der Waals surface area contributed by atoms with Crippen molar-refractivity contribution in [3.63, 3.8) is 0 Å². The number of aliphatic hydroxyl groups is 8. The van der Waals surface area contributed by atoms with Gasteiger partial charge in [0.15, 0.2) is 0 Å². The Hall–Kier alpha value is -0.360. The maximum atomic E-state index is 10.3. The molecule has 30 heavy (non-hydrogen) atoms. The van der Waals surface area contributed by atoms with E-state index in [-0.39, 0.29) is 30.6 Å². The van der Waals surface area contributed by atoms with Crippen molar-refractivity contribution in [2.24, 2.45) is 23.7 Å². The Balaban J connectivity index is 1.94. The number of rotatable bonds is 9. The summed E-state index contributed by atoms with van der Waals surface area (Å²) in [6.45, 7) is 1.54. The van der Waals surface area contributed by atoms with E-state index in [1.54, 1.807) is 0 Å². The lowest BCUT2D eigenvalue weighted by atomic mass is 9.71. The summed E-state index contributed by atoms with van der Waals surface area (Å²) in [5.74, 6) is -1.42. The molecule has 0 saturated heterocycles. The van der Waals surface area contributed by atoms with Gasteiger partial charge in [0.1, 0.15) is 12.2 Å². The molecule has 10 atom stereocenters. The summed E-state index contributed by atoms with van der Waals surface area (Å²) in [6, 6.07) is 0. The van der Waals surface area contributed by atoms with Crippen LogP contribution in [0, 0.1) is 23.7 Å². The van der Waals surface area contributed by atoms with Gasteiger partial charge in [0.05, 0.1) is 24.4 Å². The minimum atomic E-state index is -1.28. The first-order chi connectivity index (χ1) is 14.1. The molecular weight excluding hydrogens is 394 g/mol. The van der Waals surface area contributed by atoms with Gasteiger partial charge in [-0.15, -0.1) is 0 Å². The number of aliphatic hydroxyl groups excluding tert-OH is 8. The minimum absolute atomic E-state index is 0.246. The fraction of sp³-hybridized carbons (Fsp3) is 1.00. The van der Waals surface area contributed by atoms with Gasteiger partial charge in [0.25, 0.3) is 0 Å². The molecule has 9 nitrogen and oxygen atoms in total. The standard InChI is InChI=1S/C21H41NO8/c1-21(22-2,5-3-11-7-13(9-23)17(27)19(29)15(11)25)6-4-12-8-14(10-24)18(28)20(30)16(12)26/h11-20,22-30H,3-10H2,1-2H3. The van der Waals surface area contributed by atoms with Gasteiger partial charge in [-0.1, -0.05) is 0 Å². The second-order valence-corrected chi connectivity index (χ2v) is 9.71. The van der Waals surface area contributed by atoms with Gasteiger partial charge >= 0.3 is 0 Å². The van der Waals surface area contributed by atoms with E-state index in [2.05, 4.69) is 5.32 Å². The van der Waals surface area contributed by atoms with Crippen LogP contribution >= 0.6 is 0 Å². The average Bonchev–Trinajstić information content (AvgIpc) is 2.75. The van der Waals surface area contributed by atoms with Crippen LogP contribution in [0.5, 0.6) is 0 Å². The van der Waals surface area contributed by atoms with E-state index in [0.29, 0.717) is 38.5 Å². The molecule has 0 bridgehead atoms. The maximum absolute atomic E-state index is 10.3. The van der Waals surface area contributed by atoms with Crippen molar-refractivity contribution in [1.82, 2.24) is 5.32 Å². The smallest absolute Gasteiger partial charge is 0.106 e. The molecule has 0 aromatic carbocycles. The van der Waals surface area contributed by atoms with Gasteiger partial charge in [0.2, 0.25) is 0 Å². The molecule has 178 valence electrons. The normalized spacial score (nSPS) is 44.6. The molecule has 0 aliphatic heterocycles. The second-order valence-electron chi connectivity index (χ2n) is 9.71. The first-order valence-electron chi connectivity index (χ1n) is 11.1. The number of hydrogen-bond acceptors (Lipinski definition) is 9. The molecule has 2 aliphatic carbocycles. The fourth-order valence-corrected chi connectivity index (χ4v) is 5.18. The van der Waals surface area contributed by atoms with Crippen LogP contribution in [0.25, 0.3) is 0 Å². The fourth-order valence-electron chi connectivity index (χ4n) is 5.18. The quantitative estimate of drug-likeness (QED) is 0.197. The zero-order chi connectivity index (χ0) is 22.6. The van der Waals surface area contributed by atoms with Crippen LogP contribution in [-0.4, -0.2) is 103 Å². The van der Waals surface area contributed by atoms with Crippen LogP contribution in [-0.2, 0) is 0 Å². The first-order valence-corrected chi connectivity index (χ1v) is 11.1. The summed E-state index contributed by atoms with van der Waals surface area (Å²) in [5, 5.41) is 83.0. The molecule has 0 aromatic rings. The molecule has 2 aliphatic rings. The lowest BCUT2D eigenvalue weighted by Crippen LogP contribution is -2.53. The highest BCUT2D eigenvalue weighted by Gasteiger charge is 2.44. The van der Waals surface area contributed by atoms with Gasteiger partial charge in [-0.2, -0.15) is 0 Å². The second kappa shape index (κ2) is 11.0. The molecule has 2 fully saturated rings. The summed E-state index contributed by atoms with van der Waals surface area (Å²) in [6.07, 6.45) is -3.54. The van der Waals surface area contributed by atoms with Crippen molar-refractivity contribution in [1.29, 1.82) is 0 Å². The molecule has 0 radical (unpaired) electrons. The Labute approximate surface area is 178 Å². The van der Waals surface area contributed by atoms with Gasteiger partial charge < -0.3 is 46.2 Å². The van der Waals surface area contributed by atoms with E-state index < -0.39 is 48.5 Å². The Bertz CT molecular complexity index is 479. The Kier molecular flexibility index (Phi) is 9.48. The highest BCUT2D eigenvalue weighted by Crippen LogP contribution is 2.37. The molecule has 0 heterocycles. The van der Waals surface area contributed by atoms with E-state index >= 15 is 0 Å². The molecule has 0 spiro atoms. The third kappa shape index (κ3) is 5.70. The zero-order valence-corrected chi connectivity index (χ0v) is 18.0. The average molecular weight is 436 g/mol. The highest BCUT2D eigenvalue weighted by molar-refractivity contribution is 4.96.